The largest absolute Gasteiger partial charge is 1.00 e. The number of rotatable bonds is 24. The first-order chi connectivity index (χ1) is 14.7. The molecule has 0 aliphatic carbocycles. The van der Waals surface area contributed by atoms with Crippen LogP contribution in [0.15, 0.2) is 0 Å². The first-order valence-corrected chi connectivity index (χ1v) is 14.2. The molecule has 190 valence electrons. The van der Waals surface area contributed by atoms with Crippen LogP contribution in [-0.2, 0) is 0 Å². The minimum atomic E-state index is -0.134. The third kappa shape index (κ3) is 18.3. The van der Waals surface area contributed by atoms with Crippen LogP contribution in [0.1, 0.15) is 156 Å². The van der Waals surface area contributed by atoms with Gasteiger partial charge in [0.25, 0.3) is 0 Å². The number of aliphatic hydroxyl groups is 1. The maximum Gasteiger partial charge on any atom is 0.190 e. The highest BCUT2D eigenvalue weighted by atomic mass is 35.5. The molecule has 0 spiro atoms. The van der Waals surface area contributed by atoms with Gasteiger partial charge in [0.1, 0.15) is 0 Å². The van der Waals surface area contributed by atoms with E-state index >= 15 is 0 Å². The summed E-state index contributed by atoms with van der Waals surface area (Å²) in [4.78, 5) is 0. The van der Waals surface area contributed by atoms with Crippen LogP contribution < -0.4 is 12.4 Å². The van der Waals surface area contributed by atoms with Crippen LogP contribution in [0.4, 0.5) is 0 Å². The van der Waals surface area contributed by atoms with Gasteiger partial charge in [-0.3, -0.25) is 4.48 Å². The predicted molar refractivity (Wildman–Crippen MR) is 136 cm³/mol. The van der Waals surface area contributed by atoms with Crippen molar-refractivity contribution in [3.8, 4) is 0 Å². The molecule has 0 amide bonds. The molecule has 1 atom stereocenters. The van der Waals surface area contributed by atoms with Crippen molar-refractivity contribution in [1.29, 1.82) is 0 Å². The Bertz CT molecular complexity index is 301. The average molecular weight is 462 g/mol. The summed E-state index contributed by atoms with van der Waals surface area (Å²) < 4.78 is 1.01. The third-order valence-electron chi connectivity index (χ3n) is 7.07. The van der Waals surface area contributed by atoms with Crippen molar-refractivity contribution in [2.75, 3.05) is 19.6 Å². The first-order valence-electron chi connectivity index (χ1n) is 14.2. The summed E-state index contributed by atoms with van der Waals surface area (Å²) in [6.07, 6.45) is 26.1. The van der Waals surface area contributed by atoms with Crippen molar-refractivity contribution in [2.24, 2.45) is 0 Å². The molecule has 0 saturated carbocycles. The van der Waals surface area contributed by atoms with E-state index in [1.54, 1.807) is 0 Å². The monoisotopic (exact) mass is 461 g/mol. The average Bonchev–Trinajstić information content (AvgIpc) is 2.75. The smallest absolute Gasteiger partial charge is 0.190 e. The van der Waals surface area contributed by atoms with E-state index in [-0.39, 0.29) is 18.6 Å². The van der Waals surface area contributed by atoms with Crippen molar-refractivity contribution in [2.45, 2.75) is 162 Å². The van der Waals surface area contributed by atoms with Crippen molar-refractivity contribution in [3.05, 3.63) is 0 Å². The zero-order chi connectivity index (χ0) is 22.3. The lowest BCUT2D eigenvalue weighted by Crippen LogP contribution is -3.00. The number of unbranched alkanes of at least 4 members (excludes halogenated alkanes) is 15. The van der Waals surface area contributed by atoms with Crippen molar-refractivity contribution >= 4 is 0 Å². The number of hydrogen-bond acceptors (Lipinski definition) is 1. The first kappa shape index (κ1) is 33.4. The molecule has 0 rings (SSSR count). The van der Waals surface area contributed by atoms with Gasteiger partial charge in [-0.15, -0.1) is 0 Å². The second kappa shape index (κ2) is 24.8. The molecule has 0 aromatic heterocycles. The standard InChI is InChI=1S/C28H60NO.ClH/c1-5-9-13-17-21-25-29(26-22-18-14-10-6-2,27-23-19-15-11-7-3)28(30)24-20-16-12-8-4;/h28,30H,5-27H2,1-4H3;1H/q+1;/p-1. The summed E-state index contributed by atoms with van der Waals surface area (Å²) in [5.41, 5.74) is 0. The van der Waals surface area contributed by atoms with Crippen LogP contribution in [0.25, 0.3) is 0 Å². The summed E-state index contributed by atoms with van der Waals surface area (Å²) in [6.45, 7) is 12.8. The van der Waals surface area contributed by atoms with Gasteiger partial charge in [-0.2, -0.15) is 0 Å². The number of quaternary nitrogens is 1. The third-order valence-corrected chi connectivity index (χ3v) is 7.07. The van der Waals surface area contributed by atoms with Gasteiger partial charge >= 0.3 is 0 Å². The van der Waals surface area contributed by atoms with Gasteiger partial charge in [0.15, 0.2) is 6.23 Å². The Balaban J connectivity index is 0. The number of aliphatic hydroxyl groups excluding tert-OH is 1. The summed E-state index contributed by atoms with van der Waals surface area (Å²) in [7, 11) is 0. The molecule has 0 aliphatic rings. The van der Waals surface area contributed by atoms with Crippen LogP contribution in [0.3, 0.4) is 0 Å². The van der Waals surface area contributed by atoms with Crippen molar-refractivity contribution in [3.63, 3.8) is 0 Å². The van der Waals surface area contributed by atoms with E-state index < -0.39 is 0 Å². The van der Waals surface area contributed by atoms with Crippen molar-refractivity contribution in [1.82, 2.24) is 0 Å². The zero-order valence-electron chi connectivity index (χ0n) is 22.1. The molecule has 2 nitrogen and oxygen atoms in total. The second-order valence-electron chi connectivity index (χ2n) is 9.96. The van der Waals surface area contributed by atoms with Gasteiger partial charge in [-0.05, 0) is 44.9 Å². The molecule has 0 aromatic rings. The molecule has 0 aromatic carbocycles. The molecule has 0 aliphatic heterocycles. The van der Waals surface area contributed by atoms with E-state index in [0.717, 1.165) is 10.9 Å². The second-order valence-corrected chi connectivity index (χ2v) is 9.96. The SMILES string of the molecule is CCCCCCC[N+](CCCCCCC)(CCCCCCC)C(O)CCCCCC.[Cl-]. The molecule has 1 N–H and O–H groups in total. The molecule has 0 fully saturated rings. The molecule has 0 bridgehead atoms. The Hall–Kier alpha value is 0.210. The normalized spacial score (nSPS) is 12.7. The molecule has 1 unspecified atom stereocenters. The zero-order valence-corrected chi connectivity index (χ0v) is 22.9. The van der Waals surface area contributed by atoms with Crippen LogP contribution in [-0.4, -0.2) is 35.5 Å². The Morgan fingerprint density at radius 1 is 0.452 bits per heavy atom. The van der Waals surface area contributed by atoms with Crippen molar-refractivity contribution < 1.29 is 22.0 Å². The Morgan fingerprint density at radius 2 is 0.742 bits per heavy atom. The van der Waals surface area contributed by atoms with Crippen LogP contribution in [0, 0.1) is 0 Å². The molecular formula is C28H60ClNO. The topological polar surface area (TPSA) is 20.2 Å². The van der Waals surface area contributed by atoms with E-state index in [4.69, 9.17) is 0 Å². The van der Waals surface area contributed by atoms with E-state index in [1.165, 1.54) is 142 Å². The molecular weight excluding hydrogens is 402 g/mol. The Morgan fingerprint density at radius 3 is 1.06 bits per heavy atom. The number of nitrogens with zero attached hydrogens (tertiary/aromatic N) is 1. The summed E-state index contributed by atoms with van der Waals surface area (Å²) in [5, 5.41) is 11.4. The highest BCUT2D eigenvalue weighted by molar-refractivity contribution is 4.57. The van der Waals surface area contributed by atoms with Gasteiger partial charge in [0.2, 0.25) is 0 Å². The predicted octanol–water partition coefficient (Wildman–Crippen LogP) is 6.01. The lowest BCUT2D eigenvalue weighted by atomic mass is 10.0. The molecule has 0 heterocycles. The summed E-state index contributed by atoms with van der Waals surface area (Å²) >= 11 is 0. The van der Waals surface area contributed by atoms with E-state index in [1.807, 2.05) is 0 Å². The number of halogens is 1. The van der Waals surface area contributed by atoms with Gasteiger partial charge < -0.3 is 17.5 Å². The highest BCUT2D eigenvalue weighted by Gasteiger charge is 2.34. The Kier molecular flexibility index (Phi) is 26.8. The summed E-state index contributed by atoms with van der Waals surface area (Å²) in [5.74, 6) is 0. The van der Waals surface area contributed by atoms with E-state index in [9.17, 15) is 5.11 Å². The summed E-state index contributed by atoms with van der Waals surface area (Å²) in [6, 6.07) is 0. The Labute approximate surface area is 204 Å². The number of hydrogen-bond donors (Lipinski definition) is 1. The van der Waals surface area contributed by atoms with E-state index in [2.05, 4.69) is 27.7 Å². The van der Waals surface area contributed by atoms with Gasteiger partial charge in [-0.25, -0.2) is 0 Å². The quantitative estimate of drug-likeness (QED) is 0.106. The fraction of sp³-hybridized carbons (Fsp3) is 1.00. The van der Waals surface area contributed by atoms with Crippen LogP contribution >= 0.6 is 0 Å². The lowest BCUT2D eigenvalue weighted by Gasteiger charge is -2.43. The van der Waals surface area contributed by atoms with Gasteiger partial charge in [0, 0.05) is 6.42 Å². The fourth-order valence-corrected chi connectivity index (χ4v) is 4.90. The van der Waals surface area contributed by atoms with Crippen LogP contribution in [0.2, 0.25) is 0 Å². The fourth-order valence-electron chi connectivity index (χ4n) is 4.90. The molecule has 3 heteroatoms. The maximum atomic E-state index is 11.4. The van der Waals surface area contributed by atoms with Crippen LogP contribution in [0.5, 0.6) is 0 Å². The molecule has 31 heavy (non-hydrogen) atoms. The van der Waals surface area contributed by atoms with E-state index in [0.29, 0.717) is 0 Å². The molecule has 0 saturated heterocycles. The highest BCUT2D eigenvalue weighted by Crippen LogP contribution is 2.24. The lowest BCUT2D eigenvalue weighted by molar-refractivity contribution is -0.972. The minimum Gasteiger partial charge on any atom is -1.00 e. The van der Waals surface area contributed by atoms with Gasteiger partial charge in [0.05, 0.1) is 19.6 Å². The molecule has 0 radical (unpaired) electrons. The maximum absolute atomic E-state index is 11.4. The minimum absolute atomic E-state index is 0. The van der Waals surface area contributed by atoms with Gasteiger partial charge in [-0.1, -0.05) is 105 Å².